The number of aliphatic hydroxyl groups is 1. The summed E-state index contributed by atoms with van der Waals surface area (Å²) in [5.41, 5.74) is 4.83. The number of piperidine rings is 1. The molecule has 4 N–H and O–H groups in total. The SMILES string of the molecule is CC(C)(C)OC(=O)N1CCC(C(=N)N)C(O)C1.[I-]. The van der Waals surface area contributed by atoms with Crippen molar-refractivity contribution in [3.8, 4) is 0 Å². The monoisotopic (exact) mass is 370 g/mol. The van der Waals surface area contributed by atoms with Gasteiger partial charge in [0.25, 0.3) is 0 Å². The first kappa shape index (κ1) is 17.4. The van der Waals surface area contributed by atoms with Crippen LogP contribution in [-0.2, 0) is 4.74 Å². The fourth-order valence-corrected chi connectivity index (χ4v) is 1.79. The molecule has 1 aliphatic heterocycles. The molecule has 1 fully saturated rings. The van der Waals surface area contributed by atoms with Gasteiger partial charge in [0.05, 0.1) is 18.5 Å². The largest absolute Gasteiger partial charge is 1.00 e. The summed E-state index contributed by atoms with van der Waals surface area (Å²) in [6, 6.07) is 0. The number of halogens is 1. The second-order valence-electron chi connectivity index (χ2n) is 5.34. The zero-order valence-corrected chi connectivity index (χ0v) is 13.1. The molecule has 0 aromatic rings. The Hall–Kier alpha value is -0.570. The van der Waals surface area contributed by atoms with Gasteiger partial charge in [-0.25, -0.2) is 4.79 Å². The molecule has 106 valence electrons. The lowest BCUT2D eigenvalue weighted by molar-refractivity contribution is -0.00339. The van der Waals surface area contributed by atoms with Crippen molar-refractivity contribution in [3.05, 3.63) is 0 Å². The Morgan fingerprint density at radius 2 is 2.06 bits per heavy atom. The molecule has 2 atom stereocenters. The number of hydrogen-bond donors (Lipinski definition) is 3. The maximum absolute atomic E-state index is 11.7. The highest BCUT2D eigenvalue weighted by Crippen LogP contribution is 2.19. The Labute approximate surface area is 124 Å². The zero-order valence-electron chi connectivity index (χ0n) is 10.9. The first-order valence-corrected chi connectivity index (χ1v) is 5.70. The summed E-state index contributed by atoms with van der Waals surface area (Å²) in [6.45, 7) is 6.01. The standard InChI is InChI=1S/C11H21N3O3.HI/c1-11(2,3)17-10(16)14-5-4-7(9(12)13)8(15)6-14;/h7-8,15H,4-6H2,1-3H3,(H3,12,13);1H/p-1. The minimum absolute atomic E-state index is 0. The molecule has 6 nitrogen and oxygen atoms in total. The van der Waals surface area contributed by atoms with E-state index in [2.05, 4.69) is 0 Å². The van der Waals surface area contributed by atoms with Gasteiger partial charge < -0.3 is 44.5 Å². The van der Waals surface area contributed by atoms with Gasteiger partial charge in [-0.1, -0.05) is 0 Å². The van der Waals surface area contributed by atoms with E-state index >= 15 is 0 Å². The van der Waals surface area contributed by atoms with Crippen molar-refractivity contribution in [2.45, 2.75) is 38.9 Å². The average Bonchev–Trinajstić information content (AvgIpc) is 2.14. The number of ether oxygens (including phenoxy) is 1. The van der Waals surface area contributed by atoms with Gasteiger partial charge in [-0.15, -0.1) is 0 Å². The number of amidine groups is 1. The number of amides is 1. The van der Waals surface area contributed by atoms with Crippen molar-refractivity contribution >= 4 is 11.9 Å². The number of aliphatic hydroxyl groups excluding tert-OH is 1. The third kappa shape index (κ3) is 4.97. The van der Waals surface area contributed by atoms with Gasteiger partial charge in [0.15, 0.2) is 0 Å². The lowest BCUT2D eigenvalue weighted by Crippen LogP contribution is -3.00. The van der Waals surface area contributed by atoms with Gasteiger partial charge in [-0.2, -0.15) is 0 Å². The van der Waals surface area contributed by atoms with Gasteiger partial charge in [0, 0.05) is 12.5 Å². The van der Waals surface area contributed by atoms with E-state index in [0.29, 0.717) is 13.0 Å². The fourth-order valence-electron chi connectivity index (χ4n) is 1.79. The summed E-state index contributed by atoms with van der Waals surface area (Å²) >= 11 is 0. The predicted molar refractivity (Wildman–Crippen MR) is 63.8 cm³/mol. The van der Waals surface area contributed by atoms with Crippen LogP contribution in [0.2, 0.25) is 0 Å². The molecule has 1 aliphatic rings. The number of carbonyl (C=O) groups is 1. The molecule has 0 bridgehead atoms. The third-order valence-electron chi connectivity index (χ3n) is 2.63. The van der Waals surface area contributed by atoms with Crippen LogP contribution in [0, 0.1) is 11.3 Å². The number of rotatable bonds is 1. The van der Waals surface area contributed by atoms with E-state index in [1.807, 2.05) is 0 Å². The van der Waals surface area contributed by atoms with Crippen LogP contribution < -0.4 is 29.7 Å². The van der Waals surface area contributed by atoms with Crippen molar-refractivity contribution in [3.63, 3.8) is 0 Å². The molecule has 1 rings (SSSR count). The highest BCUT2D eigenvalue weighted by Gasteiger charge is 2.33. The molecule has 0 spiro atoms. The molecule has 1 heterocycles. The van der Waals surface area contributed by atoms with Crippen LogP contribution in [0.15, 0.2) is 0 Å². The molecule has 0 saturated carbocycles. The summed E-state index contributed by atoms with van der Waals surface area (Å²) in [7, 11) is 0. The minimum atomic E-state index is -0.784. The molecule has 1 amide bonds. The maximum Gasteiger partial charge on any atom is 0.410 e. The van der Waals surface area contributed by atoms with E-state index < -0.39 is 17.8 Å². The number of carbonyl (C=O) groups excluding carboxylic acids is 1. The number of likely N-dealkylation sites (tertiary alicyclic amines) is 1. The molecule has 0 aromatic heterocycles. The third-order valence-corrected chi connectivity index (χ3v) is 2.63. The number of nitrogens with one attached hydrogen (secondary N) is 1. The predicted octanol–water partition coefficient (Wildman–Crippen LogP) is -2.46. The summed E-state index contributed by atoms with van der Waals surface area (Å²) in [5, 5.41) is 17.1. The Morgan fingerprint density at radius 1 is 1.50 bits per heavy atom. The lowest BCUT2D eigenvalue weighted by Gasteiger charge is -2.36. The van der Waals surface area contributed by atoms with E-state index in [0.717, 1.165) is 0 Å². The Kier molecular flexibility index (Phi) is 6.35. The Balaban J connectivity index is 0.00000289. The first-order chi connectivity index (χ1) is 7.70. The molecular formula is C11H21IN3O3-. The molecule has 0 aromatic carbocycles. The van der Waals surface area contributed by atoms with Gasteiger partial charge >= 0.3 is 6.09 Å². The second-order valence-corrected chi connectivity index (χ2v) is 5.34. The molecular weight excluding hydrogens is 349 g/mol. The summed E-state index contributed by atoms with van der Waals surface area (Å²) < 4.78 is 5.21. The highest BCUT2D eigenvalue weighted by molar-refractivity contribution is 5.80. The average molecular weight is 370 g/mol. The van der Waals surface area contributed by atoms with Gasteiger partial charge in [0.2, 0.25) is 0 Å². The van der Waals surface area contributed by atoms with Crippen molar-refractivity contribution in [1.29, 1.82) is 5.41 Å². The van der Waals surface area contributed by atoms with Crippen LogP contribution in [-0.4, -0.2) is 46.7 Å². The van der Waals surface area contributed by atoms with Crippen LogP contribution in [0.1, 0.15) is 27.2 Å². The molecule has 2 unspecified atom stereocenters. The first-order valence-electron chi connectivity index (χ1n) is 5.70. The zero-order chi connectivity index (χ0) is 13.2. The Bertz CT molecular complexity index is 317. The number of nitrogens with two attached hydrogens (primary N) is 1. The summed E-state index contributed by atoms with van der Waals surface area (Å²) in [5.74, 6) is -0.380. The van der Waals surface area contributed by atoms with Gasteiger partial charge in [0.1, 0.15) is 5.60 Å². The van der Waals surface area contributed by atoms with E-state index in [-0.39, 0.29) is 42.3 Å². The van der Waals surface area contributed by atoms with Crippen LogP contribution in [0.25, 0.3) is 0 Å². The maximum atomic E-state index is 11.7. The topological polar surface area (TPSA) is 99.6 Å². The molecule has 1 saturated heterocycles. The quantitative estimate of drug-likeness (QED) is 0.271. The van der Waals surface area contributed by atoms with Crippen molar-refractivity contribution in [1.82, 2.24) is 4.90 Å². The van der Waals surface area contributed by atoms with Crippen LogP contribution >= 0.6 is 0 Å². The van der Waals surface area contributed by atoms with Crippen molar-refractivity contribution in [2.75, 3.05) is 13.1 Å². The van der Waals surface area contributed by atoms with E-state index in [1.165, 1.54) is 4.90 Å². The van der Waals surface area contributed by atoms with Crippen LogP contribution in [0.5, 0.6) is 0 Å². The fraction of sp³-hybridized carbons (Fsp3) is 0.818. The minimum Gasteiger partial charge on any atom is -1.00 e. The molecule has 7 heteroatoms. The van der Waals surface area contributed by atoms with E-state index in [9.17, 15) is 9.90 Å². The summed E-state index contributed by atoms with van der Waals surface area (Å²) in [6.07, 6.45) is -0.720. The van der Waals surface area contributed by atoms with Crippen LogP contribution in [0.3, 0.4) is 0 Å². The van der Waals surface area contributed by atoms with E-state index in [1.54, 1.807) is 20.8 Å². The Morgan fingerprint density at radius 3 is 2.44 bits per heavy atom. The summed E-state index contributed by atoms with van der Waals surface area (Å²) in [4.78, 5) is 13.2. The molecule has 0 radical (unpaired) electrons. The number of hydrogen-bond acceptors (Lipinski definition) is 4. The van der Waals surface area contributed by atoms with Gasteiger partial charge in [-0.05, 0) is 27.2 Å². The smallest absolute Gasteiger partial charge is 0.410 e. The normalized spacial score (nSPS) is 24.1. The number of β-amino-alcohol motifs (C(OH)–C–C–N with tert-alkyl or cyclic N) is 1. The second kappa shape index (κ2) is 6.55. The van der Waals surface area contributed by atoms with Gasteiger partial charge in [-0.3, -0.25) is 5.41 Å². The highest BCUT2D eigenvalue weighted by atomic mass is 127. The lowest BCUT2D eigenvalue weighted by atomic mass is 9.93. The number of nitrogens with zero attached hydrogens (tertiary/aromatic N) is 1. The van der Waals surface area contributed by atoms with Crippen molar-refractivity contribution in [2.24, 2.45) is 11.7 Å². The van der Waals surface area contributed by atoms with Crippen molar-refractivity contribution < 1.29 is 38.6 Å². The van der Waals surface area contributed by atoms with E-state index in [4.69, 9.17) is 15.9 Å². The van der Waals surface area contributed by atoms with Crippen LogP contribution in [0.4, 0.5) is 4.79 Å². The molecule has 18 heavy (non-hydrogen) atoms. The molecule has 0 aliphatic carbocycles.